The summed E-state index contributed by atoms with van der Waals surface area (Å²) in [5.41, 5.74) is 1.10. The zero-order valence-corrected chi connectivity index (χ0v) is 12.5. The molecule has 0 aliphatic heterocycles. The highest BCUT2D eigenvalue weighted by Crippen LogP contribution is 2.36. The number of aliphatic hydroxyl groups excluding tert-OH is 1. The number of para-hydroxylation sites is 1. The molecule has 0 saturated heterocycles. The van der Waals surface area contributed by atoms with Crippen molar-refractivity contribution in [1.82, 2.24) is 0 Å². The molecule has 0 aliphatic rings. The molecular weight excluding hydrogens is 295 g/mol. The summed E-state index contributed by atoms with van der Waals surface area (Å²) >= 11 is 6.03. The van der Waals surface area contributed by atoms with Crippen molar-refractivity contribution in [1.29, 1.82) is 0 Å². The third-order valence-corrected chi connectivity index (χ3v) is 3.58. The average molecular weight is 311 g/mol. The van der Waals surface area contributed by atoms with Gasteiger partial charge in [-0.3, -0.25) is 0 Å². The van der Waals surface area contributed by atoms with Crippen molar-refractivity contribution in [3.63, 3.8) is 0 Å². The van der Waals surface area contributed by atoms with E-state index in [4.69, 9.17) is 21.1 Å². The van der Waals surface area contributed by atoms with Crippen LogP contribution in [0.15, 0.2) is 36.4 Å². The summed E-state index contributed by atoms with van der Waals surface area (Å²) in [5.74, 6) is 0.596. The van der Waals surface area contributed by atoms with Gasteiger partial charge < -0.3 is 14.6 Å². The van der Waals surface area contributed by atoms with Crippen LogP contribution in [-0.4, -0.2) is 19.3 Å². The lowest BCUT2D eigenvalue weighted by Crippen LogP contribution is -2.06. The molecule has 112 valence electrons. The minimum Gasteiger partial charge on any atom is -0.493 e. The molecule has 2 aromatic carbocycles. The molecule has 2 rings (SSSR count). The van der Waals surface area contributed by atoms with E-state index in [1.54, 1.807) is 18.2 Å². The first kappa shape index (κ1) is 15.6. The van der Waals surface area contributed by atoms with E-state index < -0.39 is 6.10 Å². The van der Waals surface area contributed by atoms with Gasteiger partial charge in [-0.1, -0.05) is 23.7 Å². The second kappa shape index (κ2) is 6.78. The fourth-order valence-electron chi connectivity index (χ4n) is 2.19. The number of rotatable bonds is 5. The lowest BCUT2D eigenvalue weighted by atomic mass is 10.00. The summed E-state index contributed by atoms with van der Waals surface area (Å²) in [4.78, 5) is 0. The average Bonchev–Trinajstić information content (AvgIpc) is 2.49. The number of methoxy groups -OCH3 is 2. The van der Waals surface area contributed by atoms with Crippen LogP contribution >= 0.6 is 11.6 Å². The van der Waals surface area contributed by atoms with Gasteiger partial charge >= 0.3 is 0 Å². The Balaban J connectivity index is 2.32. The van der Waals surface area contributed by atoms with Crippen molar-refractivity contribution in [3.8, 4) is 11.5 Å². The summed E-state index contributed by atoms with van der Waals surface area (Å²) in [5, 5.41) is 10.8. The molecule has 1 unspecified atom stereocenters. The predicted molar refractivity (Wildman–Crippen MR) is 79.6 cm³/mol. The van der Waals surface area contributed by atoms with E-state index >= 15 is 0 Å². The smallest absolute Gasteiger partial charge is 0.166 e. The maximum Gasteiger partial charge on any atom is 0.166 e. The zero-order valence-electron chi connectivity index (χ0n) is 11.8. The lowest BCUT2D eigenvalue weighted by molar-refractivity contribution is 0.173. The van der Waals surface area contributed by atoms with Gasteiger partial charge in [-0.15, -0.1) is 0 Å². The first-order valence-electron chi connectivity index (χ1n) is 6.39. The normalized spacial score (nSPS) is 12.0. The third kappa shape index (κ3) is 3.46. The van der Waals surface area contributed by atoms with E-state index in [0.29, 0.717) is 27.6 Å². The van der Waals surface area contributed by atoms with Crippen LogP contribution < -0.4 is 9.47 Å². The van der Waals surface area contributed by atoms with Crippen LogP contribution in [0.5, 0.6) is 11.5 Å². The Bertz CT molecular complexity index is 631. The highest BCUT2D eigenvalue weighted by atomic mass is 35.5. The summed E-state index contributed by atoms with van der Waals surface area (Å²) < 4.78 is 23.8. The van der Waals surface area contributed by atoms with Gasteiger partial charge in [0, 0.05) is 17.0 Å². The number of aliphatic hydroxyl groups is 1. The molecule has 21 heavy (non-hydrogen) atoms. The van der Waals surface area contributed by atoms with Crippen molar-refractivity contribution in [2.24, 2.45) is 0 Å². The van der Waals surface area contributed by atoms with Crippen molar-refractivity contribution in [2.45, 2.75) is 12.5 Å². The number of benzene rings is 2. The minimum atomic E-state index is -0.880. The van der Waals surface area contributed by atoms with Gasteiger partial charge in [-0.05, 0) is 29.8 Å². The molecule has 0 heterocycles. The number of halogens is 2. The van der Waals surface area contributed by atoms with Crippen molar-refractivity contribution in [2.75, 3.05) is 14.2 Å². The summed E-state index contributed by atoms with van der Waals surface area (Å²) in [6, 6.07) is 9.31. The first-order valence-corrected chi connectivity index (χ1v) is 6.77. The molecular formula is C16H16ClFO3. The fourth-order valence-corrected chi connectivity index (χ4v) is 2.39. The molecule has 0 radical (unpaired) electrons. The Morgan fingerprint density at radius 3 is 2.62 bits per heavy atom. The van der Waals surface area contributed by atoms with E-state index in [2.05, 4.69) is 0 Å². The molecule has 1 N–H and O–H groups in total. The molecule has 0 aliphatic carbocycles. The van der Waals surface area contributed by atoms with Crippen LogP contribution in [0, 0.1) is 5.82 Å². The SMILES string of the molecule is COc1cccc(C(O)Cc2cc(F)ccc2Cl)c1OC. The van der Waals surface area contributed by atoms with Gasteiger partial charge in [0.15, 0.2) is 11.5 Å². The largest absolute Gasteiger partial charge is 0.493 e. The third-order valence-electron chi connectivity index (χ3n) is 3.21. The molecule has 1 atom stereocenters. The molecule has 0 bridgehead atoms. The van der Waals surface area contributed by atoms with E-state index in [1.165, 1.54) is 32.4 Å². The van der Waals surface area contributed by atoms with Crippen LogP contribution in [0.4, 0.5) is 4.39 Å². The second-order valence-corrected chi connectivity index (χ2v) is 4.95. The van der Waals surface area contributed by atoms with Gasteiger partial charge in [0.1, 0.15) is 5.82 Å². The van der Waals surface area contributed by atoms with Crippen LogP contribution in [0.3, 0.4) is 0 Å². The fraction of sp³-hybridized carbons (Fsp3) is 0.250. The first-order chi connectivity index (χ1) is 10.1. The van der Waals surface area contributed by atoms with E-state index in [9.17, 15) is 9.50 Å². The molecule has 3 nitrogen and oxygen atoms in total. The number of hydrogen-bond acceptors (Lipinski definition) is 3. The summed E-state index contributed by atoms with van der Waals surface area (Å²) in [7, 11) is 3.03. The Labute approximate surface area is 127 Å². The van der Waals surface area contributed by atoms with Gasteiger partial charge in [0.25, 0.3) is 0 Å². The number of hydrogen-bond donors (Lipinski definition) is 1. The molecule has 0 aromatic heterocycles. The van der Waals surface area contributed by atoms with Crippen LogP contribution in [0.2, 0.25) is 5.02 Å². The Morgan fingerprint density at radius 1 is 1.19 bits per heavy atom. The molecule has 0 amide bonds. The number of ether oxygens (including phenoxy) is 2. The molecule has 0 saturated carbocycles. The van der Waals surface area contributed by atoms with Crippen molar-refractivity contribution < 1.29 is 19.0 Å². The standard InChI is InChI=1S/C16H16ClFO3/c1-20-15-5-3-4-12(16(15)21-2)14(19)9-10-8-11(18)6-7-13(10)17/h3-8,14,19H,9H2,1-2H3. The Morgan fingerprint density at radius 2 is 1.95 bits per heavy atom. The maximum atomic E-state index is 13.3. The second-order valence-electron chi connectivity index (χ2n) is 4.54. The Hall–Kier alpha value is -1.78. The molecule has 0 spiro atoms. The van der Waals surface area contributed by atoms with Gasteiger partial charge in [-0.2, -0.15) is 0 Å². The van der Waals surface area contributed by atoms with Gasteiger partial charge in [0.05, 0.1) is 20.3 Å². The van der Waals surface area contributed by atoms with Gasteiger partial charge in [0.2, 0.25) is 0 Å². The lowest BCUT2D eigenvalue weighted by Gasteiger charge is -2.17. The summed E-state index contributed by atoms with van der Waals surface area (Å²) in [6.07, 6.45) is -0.700. The minimum absolute atomic E-state index is 0.181. The van der Waals surface area contributed by atoms with E-state index in [1.807, 2.05) is 0 Å². The highest BCUT2D eigenvalue weighted by molar-refractivity contribution is 6.31. The van der Waals surface area contributed by atoms with Crippen LogP contribution in [0.25, 0.3) is 0 Å². The molecule has 2 aromatic rings. The van der Waals surface area contributed by atoms with Gasteiger partial charge in [-0.25, -0.2) is 4.39 Å². The quantitative estimate of drug-likeness (QED) is 0.913. The maximum absolute atomic E-state index is 13.3. The van der Waals surface area contributed by atoms with Crippen molar-refractivity contribution >= 4 is 11.6 Å². The highest BCUT2D eigenvalue weighted by Gasteiger charge is 2.18. The van der Waals surface area contributed by atoms with Crippen LogP contribution in [0.1, 0.15) is 17.2 Å². The molecule has 0 fully saturated rings. The summed E-state index contributed by atoms with van der Waals surface area (Å²) in [6.45, 7) is 0. The van der Waals surface area contributed by atoms with E-state index in [-0.39, 0.29) is 12.2 Å². The predicted octanol–water partition coefficient (Wildman–Crippen LogP) is 3.77. The zero-order chi connectivity index (χ0) is 15.4. The Kier molecular flexibility index (Phi) is 5.04. The van der Waals surface area contributed by atoms with E-state index in [0.717, 1.165) is 0 Å². The monoisotopic (exact) mass is 310 g/mol. The molecule has 5 heteroatoms. The van der Waals surface area contributed by atoms with Crippen LogP contribution in [-0.2, 0) is 6.42 Å². The van der Waals surface area contributed by atoms with Crippen molar-refractivity contribution in [3.05, 3.63) is 58.4 Å². The topological polar surface area (TPSA) is 38.7 Å².